The zero-order chi connectivity index (χ0) is 17.5. The Kier molecular flexibility index (Phi) is 6.02. The van der Waals surface area contributed by atoms with E-state index >= 15 is 0 Å². The topological polar surface area (TPSA) is 77.5 Å². The normalized spacial score (nSPS) is 10.3. The molecule has 0 bridgehead atoms. The van der Waals surface area contributed by atoms with Crippen LogP contribution in [0.1, 0.15) is 10.4 Å². The van der Waals surface area contributed by atoms with Crippen LogP contribution in [0.25, 0.3) is 0 Å². The van der Waals surface area contributed by atoms with E-state index < -0.39 is 25.1 Å². The second-order valence-electron chi connectivity index (χ2n) is 4.37. The first kappa shape index (κ1) is 17.6. The van der Waals surface area contributed by atoms with Crippen molar-refractivity contribution in [2.24, 2.45) is 0 Å². The van der Waals surface area contributed by atoms with Gasteiger partial charge in [0, 0.05) is 11.9 Å². The fraction of sp³-hybridized carbons (Fsp3) is 0.133. The van der Waals surface area contributed by atoms with Crippen molar-refractivity contribution in [1.29, 1.82) is 0 Å². The highest BCUT2D eigenvalue weighted by molar-refractivity contribution is 6.32. The number of alkyl halides is 2. The van der Waals surface area contributed by atoms with Crippen molar-refractivity contribution < 1.29 is 27.8 Å². The molecule has 2 rings (SSSR count). The number of anilines is 1. The van der Waals surface area contributed by atoms with E-state index in [-0.39, 0.29) is 16.5 Å². The van der Waals surface area contributed by atoms with E-state index in [4.69, 9.17) is 16.3 Å². The van der Waals surface area contributed by atoms with Crippen molar-refractivity contribution in [3.8, 4) is 5.75 Å². The van der Waals surface area contributed by atoms with Gasteiger partial charge in [0.05, 0.1) is 5.56 Å². The molecule has 1 aromatic heterocycles. The highest BCUT2D eigenvalue weighted by atomic mass is 35.5. The van der Waals surface area contributed by atoms with E-state index in [0.29, 0.717) is 5.69 Å². The van der Waals surface area contributed by atoms with E-state index in [2.05, 4.69) is 15.0 Å². The lowest BCUT2D eigenvalue weighted by atomic mass is 10.3. The van der Waals surface area contributed by atoms with Gasteiger partial charge in [-0.15, -0.1) is 0 Å². The third-order valence-corrected chi connectivity index (χ3v) is 2.98. The van der Waals surface area contributed by atoms with Crippen molar-refractivity contribution in [3.63, 3.8) is 0 Å². The first-order valence-corrected chi connectivity index (χ1v) is 6.96. The van der Waals surface area contributed by atoms with Gasteiger partial charge in [-0.05, 0) is 36.4 Å². The Morgan fingerprint density at radius 1 is 1.21 bits per heavy atom. The van der Waals surface area contributed by atoms with Gasteiger partial charge in [0.25, 0.3) is 5.91 Å². The fourth-order valence-corrected chi connectivity index (χ4v) is 1.86. The zero-order valence-corrected chi connectivity index (χ0v) is 12.8. The molecule has 0 saturated carbocycles. The third kappa shape index (κ3) is 5.17. The molecular formula is C15H11ClF2N2O4. The molecule has 1 heterocycles. The van der Waals surface area contributed by atoms with Crippen LogP contribution in [0.2, 0.25) is 5.15 Å². The molecule has 0 saturated heterocycles. The van der Waals surface area contributed by atoms with Crippen molar-refractivity contribution in [3.05, 3.63) is 53.3 Å². The van der Waals surface area contributed by atoms with Crippen molar-refractivity contribution in [1.82, 2.24) is 4.98 Å². The molecule has 0 aliphatic rings. The Hall–Kier alpha value is -2.74. The number of benzene rings is 1. The molecule has 0 unspecified atom stereocenters. The van der Waals surface area contributed by atoms with Crippen LogP contribution in [-0.2, 0) is 9.53 Å². The molecule has 126 valence electrons. The lowest BCUT2D eigenvalue weighted by Crippen LogP contribution is -2.21. The number of aromatic nitrogens is 1. The minimum atomic E-state index is -2.93. The highest BCUT2D eigenvalue weighted by Gasteiger charge is 2.14. The molecule has 0 radical (unpaired) electrons. The van der Waals surface area contributed by atoms with Crippen LogP contribution in [0.3, 0.4) is 0 Å². The van der Waals surface area contributed by atoms with Crippen LogP contribution < -0.4 is 10.1 Å². The summed E-state index contributed by atoms with van der Waals surface area (Å²) in [5, 5.41) is 2.41. The summed E-state index contributed by atoms with van der Waals surface area (Å²) in [7, 11) is 0. The van der Waals surface area contributed by atoms with Gasteiger partial charge in [-0.1, -0.05) is 11.6 Å². The lowest BCUT2D eigenvalue weighted by molar-refractivity contribution is -0.119. The summed E-state index contributed by atoms with van der Waals surface area (Å²) in [6.07, 6.45) is 1.41. The van der Waals surface area contributed by atoms with Crippen molar-refractivity contribution in [2.75, 3.05) is 11.9 Å². The zero-order valence-electron chi connectivity index (χ0n) is 12.0. The maximum absolute atomic E-state index is 12.0. The molecule has 0 fully saturated rings. The summed E-state index contributed by atoms with van der Waals surface area (Å²) in [4.78, 5) is 27.2. The number of nitrogens with zero attached hydrogens (tertiary/aromatic N) is 1. The van der Waals surface area contributed by atoms with Gasteiger partial charge in [-0.25, -0.2) is 9.78 Å². The largest absolute Gasteiger partial charge is 0.452 e. The molecule has 1 aromatic carbocycles. The van der Waals surface area contributed by atoms with Gasteiger partial charge in [-0.3, -0.25) is 4.79 Å². The number of pyridine rings is 1. The molecule has 2 aromatic rings. The Morgan fingerprint density at radius 3 is 2.54 bits per heavy atom. The third-order valence-electron chi connectivity index (χ3n) is 2.68. The summed E-state index contributed by atoms with van der Waals surface area (Å²) in [6.45, 7) is -3.47. The second kappa shape index (κ2) is 8.21. The number of esters is 1. The number of rotatable bonds is 6. The van der Waals surface area contributed by atoms with E-state index in [0.717, 1.165) is 0 Å². The predicted molar refractivity (Wildman–Crippen MR) is 81.2 cm³/mol. The van der Waals surface area contributed by atoms with Crippen LogP contribution in [0, 0.1) is 0 Å². The molecule has 24 heavy (non-hydrogen) atoms. The second-order valence-corrected chi connectivity index (χ2v) is 4.73. The quantitative estimate of drug-likeness (QED) is 0.635. The molecule has 0 aliphatic carbocycles. The Bertz CT molecular complexity index is 726. The monoisotopic (exact) mass is 356 g/mol. The van der Waals surface area contributed by atoms with Crippen LogP contribution in [0.5, 0.6) is 5.75 Å². The number of halogens is 3. The summed E-state index contributed by atoms with van der Waals surface area (Å²) in [6, 6.07) is 8.19. The molecule has 6 nitrogen and oxygen atoms in total. The van der Waals surface area contributed by atoms with Gasteiger partial charge in [-0.2, -0.15) is 8.78 Å². The lowest BCUT2D eigenvalue weighted by Gasteiger charge is -2.08. The van der Waals surface area contributed by atoms with Crippen molar-refractivity contribution >= 4 is 29.2 Å². The van der Waals surface area contributed by atoms with E-state index in [1.54, 1.807) is 0 Å². The average Bonchev–Trinajstić information content (AvgIpc) is 2.54. The van der Waals surface area contributed by atoms with Gasteiger partial charge in [0.2, 0.25) is 0 Å². The number of amides is 1. The molecule has 0 atom stereocenters. The first-order valence-electron chi connectivity index (χ1n) is 6.58. The van der Waals surface area contributed by atoms with Gasteiger partial charge in [0.15, 0.2) is 6.61 Å². The van der Waals surface area contributed by atoms with Crippen LogP contribution >= 0.6 is 11.6 Å². The van der Waals surface area contributed by atoms with Gasteiger partial charge in [0.1, 0.15) is 10.9 Å². The summed E-state index contributed by atoms with van der Waals surface area (Å²) >= 11 is 5.74. The van der Waals surface area contributed by atoms with Crippen LogP contribution in [-0.4, -0.2) is 30.1 Å². The number of carbonyl (C=O) groups is 2. The fourth-order valence-electron chi connectivity index (χ4n) is 1.66. The molecular weight excluding hydrogens is 346 g/mol. The standard InChI is InChI=1S/C15H11ClF2N2O4/c16-13-11(2-1-7-19-13)14(22)23-8-12(21)20-9-3-5-10(6-4-9)24-15(17)18/h1-7,15H,8H2,(H,20,21). The van der Waals surface area contributed by atoms with E-state index in [9.17, 15) is 18.4 Å². The highest BCUT2D eigenvalue weighted by Crippen LogP contribution is 2.17. The molecule has 1 N–H and O–H groups in total. The Labute approximate surface area is 140 Å². The SMILES string of the molecule is O=C(COC(=O)c1cccnc1Cl)Nc1ccc(OC(F)F)cc1. The summed E-state index contributed by atoms with van der Waals surface area (Å²) in [5.74, 6) is -1.43. The maximum atomic E-state index is 12.0. The summed E-state index contributed by atoms with van der Waals surface area (Å²) < 4.78 is 33.0. The van der Waals surface area contributed by atoms with Gasteiger partial charge >= 0.3 is 12.6 Å². The minimum absolute atomic E-state index is 0.0301. The Morgan fingerprint density at radius 2 is 1.92 bits per heavy atom. The number of ether oxygens (including phenoxy) is 2. The average molecular weight is 357 g/mol. The van der Waals surface area contributed by atoms with E-state index in [1.165, 1.54) is 42.6 Å². The maximum Gasteiger partial charge on any atom is 0.387 e. The first-order chi connectivity index (χ1) is 11.5. The van der Waals surface area contributed by atoms with E-state index in [1.807, 2.05) is 0 Å². The Balaban J connectivity index is 1.85. The predicted octanol–water partition coefficient (Wildman–Crippen LogP) is 3.13. The number of hydrogen-bond acceptors (Lipinski definition) is 5. The van der Waals surface area contributed by atoms with Crippen LogP contribution in [0.15, 0.2) is 42.6 Å². The van der Waals surface area contributed by atoms with Crippen LogP contribution in [0.4, 0.5) is 14.5 Å². The number of carbonyl (C=O) groups excluding carboxylic acids is 2. The summed E-state index contributed by atoms with van der Waals surface area (Å²) in [5.41, 5.74) is 0.373. The molecule has 0 spiro atoms. The number of nitrogens with one attached hydrogen (secondary N) is 1. The smallest absolute Gasteiger partial charge is 0.387 e. The van der Waals surface area contributed by atoms with Gasteiger partial charge < -0.3 is 14.8 Å². The molecule has 1 amide bonds. The minimum Gasteiger partial charge on any atom is -0.452 e. The van der Waals surface area contributed by atoms with Crippen molar-refractivity contribution in [2.45, 2.75) is 6.61 Å². The number of hydrogen-bond donors (Lipinski definition) is 1. The molecule has 0 aliphatic heterocycles. The molecule has 9 heteroatoms.